The molecule has 0 amide bonds. The van der Waals surface area contributed by atoms with Crippen LogP contribution in [0.4, 0.5) is 5.00 Å². The van der Waals surface area contributed by atoms with E-state index >= 15 is 0 Å². The highest BCUT2D eigenvalue weighted by molar-refractivity contribution is 7.16. The number of ether oxygens (including phenoxy) is 2. The van der Waals surface area contributed by atoms with Crippen molar-refractivity contribution >= 4 is 28.3 Å². The van der Waals surface area contributed by atoms with Crippen LogP contribution in [0.1, 0.15) is 27.7 Å². The number of esters is 2. The number of likely N-dealkylation sites (N-methyl/N-ethyl adjacent to an activating group) is 1. The van der Waals surface area contributed by atoms with Crippen molar-refractivity contribution in [1.29, 1.82) is 0 Å². The van der Waals surface area contributed by atoms with E-state index in [1.165, 1.54) is 18.4 Å². The highest BCUT2D eigenvalue weighted by Crippen LogP contribution is 2.35. The third-order valence-electron chi connectivity index (χ3n) is 3.49. The number of carbonyl (C=O) groups excluding carboxylic acids is 2. The van der Waals surface area contributed by atoms with E-state index < -0.39 is 5.97 Å². The maximum Gasteiger partial charge on any atom is 0.341 e. The number of carbonyl (C=O) groups is 2. The summed E-state index contributed by atoms with van der Waals surface area (Å²) in [6, 6.07) is 0. The van der Waals surface area contributed by atoms with E-state index in [9.17, 15) is 9.59 Å². The number of nitrogens with zero attached hydrogens (tertiary/aromatic N) is 1. The van der Waals surface area contributed by atoms with Gasteiger partial charge >= 0.3 is 11.9 Å². The lowest BCUT2D eigenvalue weighted by molar-refractivity contribution is -0.136. The van der Waals surface area contributed by atoms with Crippen molar-refractivity contribution in [3.8, 4) is 0 Å². The lowest BCUT2D eigenvalue weighted by Crippen LogP contribution is -2.22. The van der Waals surface area contributed by atoms with Crippen LogP contribution in [0.25, 0.3) is 0 Å². The van der Waals surface area contributed by atoms with Gasteiger partial charge in [-0.25, -0.2) is 9.59 Å². The van der Waals surface area contributed by atoms with E-state index in [1.807, 2.05) is 11.9 Å². The van der Waals surface area contributed by atoms with Crippen LogP contribution in [0.3, 0.4) is 0 Å². The molecule has 1 aromatic rings. The molecule has 2 N–H and O–H groups in total. The smallest absolute Gasteiger partial charge is 0.341 e. The van der Waals surface area contributed by atoms with Gasteiger partial charge in [0.1, 0.15) is 5.00 Å². The van der Waals surface area contributed by atoms with Crippen LogP contribution in [0.15, 0.2) is 11.8 Å². The van der Waals surface area contributed by atoms with E-state index in [4.69, 9.17) is 15.2 Å². The van der Waals surface area contributed by atoms with Gasteiger partial charge in [-0.15, -0.1) is 11.3 Å². The Morgan fingerprint density at radius 1 is 1.41 bits per heavy atom. The van der Waals surface area contributed by atoms with Crippen molar-refractivity contribution in [2.24, 2.45) is 0 Å². The lowest BCUT2D eigenvalue weighted by atomic mass is 10.0. The quantitative estimate of drug-likeness (QED) is 0.850. The fraction of sp³-hybridized carbons (Fsp3) is 0.467. The Kier molecular flexibility index (Phi) is 5.07. The highest BCUT2D eigenvalue weighted by Gasteiger charge is 2.26. The van der Waals surface area contributed by atoms with Crippen molar-refractivity contribution in [1.82, 2.24) is 4.90 Å². The Hall–Kier alpha value is -2.02. The van der Waals surface area contributed by atoms with Gasteiger partial charge in [-0.05, 0) is 18.9 Å². The van der Waals surface area contributed by atoms with Gasteiger partial charge < -0.3 is 20.1 Å². The summed E-state index contributed by atoms with van der Waals surface area (Å²) >= 11 is 1.34. The summed E-state index contributed by atoms with van der Waals surface area (Å²) in [7, 11) is 3.24. The number of methoxy groups -OCH3 is 1. The average molecular weight is 324 g/mol. The summed E-state index contributed by atoms with van der Waals surface area (Å²) in [6.07, 6.45) is 2.87. The van der Waals surface area contributed by atoms with Crippen molar-refractivity contribution in [3.63, 3.8) is 0 Å². The van der Waals surface area contributed by atoms with Crippen molar-refractivity contribution in [2.75, 3.05) is 33.0 Å². The second-order valence-corrected chi connectivity index (χ2v) is 6.15. The molecular formula is C15H20N2O4S. The van der Waals surface area contributed by atoms with Crippen LogP contribution < -0.4 is 5.73 Å². The average Bonchev–Trinajstić information content (AvgIpc) is 2.77. The maximum atomic E-state index is 12.1. The molecule has 0 atom stereocenters. The summed E-state index contributed by atoms with van der Waals surface area (Å²) in [4.78, 5) is 26.9. The van der Waals surface area contributed by atoms with Crippen LogP contribution in [0, 0.1) is 0 Å². The van der Waals surface area contributed by atoms with Gasteiger partial charge in [-0.3, -0.25) is 0 Å². The minimum atomic E-state index is -0.399. The fourth-order valence-electron chi connectivity index (χ4n) is 2.46. The third-order valence-corrected chi connectivity index (χ3v) is 4.55. The van der Waals surface area contributed by atoms with E-state index in [2.05, 4.69) is 0 Å². The molecule has 0 fully saturated rings. The third kappa shape index (κ3) is 3.24. The number of anilines is 1. The molecule has 0 saturated heterocycles. The number of thiophene rings is 1. The number of hydrogen-bond donors (Lipinski definition) is 1. The SMILES string of the molecule is CCOC(=O)c1c(N)sc2c1CCN(C)/C=C(/C(=O)OC)C2. The number of nitrogens with two attached hydrogens (primary N) is 1. The molecule has 0 bridgehead atoms. The van der Waals surface area contributed by atoms with Crippen LogP contribution in [0.5, 0.6) is 0 Å². The topological polar surface area (TPSA) is 81.9 Å². The first-order chi connectivity index (χ1) is 10.5. The molecule has 0 aromatic carbocycles. The Morgan fingerprint density at radius 3 is 2.77 bits per heavy atom. The molecular weight excluding hydrogens is 304 g/mol. The molecule has 1 aliphatic rings. The monoisotopic (exact) mass is 324 g/mol. The molecule has 0 radical (unpaired) electrons. The molecule has 1 aliphatic heterocycles. The minimum Gasteiger partial charge on any atom is -0.466 e. The van der Waals surface area contributed by atoms with Gasteiger partial charge in [0.15, 0.2) is 0 Å². The van der Waals surface area contributed by atoms with Gasteiger partial charge in [-0.1, -0.05) is 0 Å². The van der Waals surface area contributed by atoms with Crippen molar-refractivity contribution < 1.29 is 19.1 Å². The Morgan fingerprint density at radius 2 is 2.14 bits per heavy atom. The zero-order valence-electron chi connectivity index (χ0n) is 13.0. The second kappa shape index (κ2) is 6.83. The van der Waals surface area contributed by atoms with Gasteiger partial charge in [0.25, 0.3) is 0 Å². The van der Waals surface area contributed by atoms with Crippen LogP contribution in [-0.4, -0.2) is 44.1 Å². The molecule has 7 heteroatoms. The molecule has 120 valence electrons. The first kappa shape index (κ1) is 16.4. The summed E-state index contributed by atoms with van der Waals surface area (Å²) in [6.45, 7) is 2.74. The highest BCUT2D eigenvalue weighted by atomic mass is 32.1. The largest absolute Gasteiger partial charge is 0.466 e. The Bertz CT molecular complexity index is 621. The summed E-state index contributed by atoms with van der Waals surface area (Å²) in [5.74, 6) is -0.770. The number of rotatable bonds is 3. The normalized spacial score (nSPS) is 16.9. The standard InChI is InChI=1S/C15H20N2O4S/c1-4-21-15(19)12-10-5-6-17(2)8-9(14(18)20-3)7-11(10)22-13(12)16/h8H,4-7,16H2,1-3H3/b9-8+. The molecule has 0 spiro atoms. The molecule has 0 saturated carbocycles. The number of hydrogen-bond acceptors (Lipinski definition) is 7. The van der Waals surface area contributed by atoms with E-state index in [-0.39, 0.29) is 5.97 Å². The molecule has 0 unspecified atom stereocenters. The summed E-state index contributed by atoms with van der Waals surface area (Å²) in [5.41, 5.74) is 7.88. The zero-order valence-corrected chi connectivity index (χ0v) is 13.8. The van der Waals surface area contributed by atoms with Crippen molar-refractivity contribution in [2.45, 2.75) is 19.8 Å². The van der Waals surface area contributed by atoms with E-state index in [0.717, 1.165) is 10.4 Å². The predicted octanol–water partition coefficient (Wildman–Crippen LogP) is 1.59. The fourth-order valence-corrected chi connectivity index (χ4v) is 3.59. The van der Waals surface area contributed by atoms with E-state index in [0.29, 0.717) is 42.1 Å². The van der Waals surface area contributed by atoms with E-state index in [1.54, 1.807) is 13.1 Å². The van der Waals surface area contributed by atoms with Gasteiger partial charge in [-0.2, -0.15) is 0 Å². The van der Waals surface area contributed by atoms with Gasteiger partial charge in [0, 0.05) is 31.1 Å². The summed E-state index contributed by atoms with van der Waals surface area (Å²) in [5, 5.41) is 0.442. The molecule has 2 heterocycles. The van der Waals surface area contributed by atoms with Gasteiger partial charge in [0.2, 0.25) is 0 Å². The first-order valence-electron chi connectivity index (χ1n) is 7.04. The van der Waals surface area contributed by atoms with Crippen LogP contribution >= 0.6 is 11.3 Å². The molecule has 6 nitrogen and oxygen atoms in total. The number of nitrogen functional groups attached to an aromatic ring is 1. The first-order valence-corrected chi connectivity index (χ1v) is 7.85. The lowest BCUT2D eigenvalue weighted by Gasteiger charge is -2.20. The molecule has 22 heavy (non-hydrogen) atoms. The van der Waals surface area contributed by atoms with Gasteiger partial charge in [0.05, 0.1) is 24.9 Å². The molecule has 1 aromatic heterocycles. The zero-order chi connectivity index (χ0) is 16.3. The predicted molar refractivity (Wildman–Crippen MR) is 84.8 cm³/mol. The van der Waals surface area contributed by atoms with Crippen molar-refractivity contribution in [3.05, 3.63) is 27.8 Å². The molecule has 2 rings (SSSR count). The molecule has 0 aliphatic carbocycles. The minimum absolute atomic E-state index is 0.302. The Balaban J connectivity index is 2.43. The van der Waals surface area contributed by atoms with Crippen LogP contribution in [-0.2, 0) is 27.1 Å². The van der Waals surface area contributed by atoms with Crippen LogP contribution in [0.2, 0.25) is 0 Å². The number of fused-ring (bicyclic) bond motifs is 1. The second-order valence-electron chi connectivity index (χ2n) is 5.02. The summed E-state index contributed by atoms with van der Waals surface area (Å²) < 4.78 is 9.92. The Labute approximate surface area is 133 Å². The maximum absolute atomic E-state index is 12.1.